The Morgan fingerprint density at radius 1 is 1.23 bits per heavy atom. The van der Waals surface area contributed by atoms with E-state index in [1.807, 2.05) is 17.5 Å². The van der Waals surface area contributed by atoms with Crippen molar-refractivity contribution in [2.75, 3.05) is 11.1 Å². The van der Waals surface area contributed by atoms with E-state index >= 15 is 0 Å². The largest absolute Gasteiger partial charge is 0.302 e. The Bertz CT molecular complexity index is 851. The van der Waals surface area contributed by atoms with Gasteiger partial charge in [-0.3, -0.25) is 4.79 Å². The predicted octanol–water partition coefficient (Wildman–Crippen LogP) is 4.06. The third kappa shape index (κ3) is 4.71. The molecule has 140 valence electrons. The summed E-state index contributed by atoms with van der Waals surface area (Å²) in [7, 11) is -3.17. The fraction of sp³-hybridized carbons (Fsp3) is 0.474. The van der Waals surface area contributed by atoms with Crippen molar-refractivity contribution in [3.63, 3.8) is 0 Å². The van der Waals surface area contributed by atoms with E-state index in [0.29, 0.717) is 5.13 Å². The van der Waals surface area contributed by atoms with Crippen LogP contribution in [0.5, 0.6) is 0 Å². The Morgan fingerprint density at radius 3 is 2.58 bits per heavy atom. The van der Waals surface area contributed by atoms with Crippen molar-refractivity contribution in [3.8, 4) is 11.3 Å². The Kier molecular flexibility index (Phi) is 6.09. The number of nitrogens with one attached hydrogen (secondary N) is 1. The molecule has 3 rings (SSSR count). The minimum absolute atomic E-state index is 0.0149. The molecular weight excluding hydrogens is 368 g/mol. The summed E-state index contributed by atoms with van der Waals surface area (Å²) in [6.07, 6.45) is 4.38. The fourth-order valence-electron chi connectivity index (χ4n) is 3.21. The molecule has 1 aromatic heterocycles. The predicted molar refractivity (Wildman–Crippen MR) is 106 cm³/mol. The molecule has 0 radical (unpaired) electrons. The maximum absolute atomic E-state index is 12.2. The summed E-state index contributed by atoms with van der Waals surface area (Å²) in [5, 5.41) is 4.86. The van der Waals surface area contributed by atoms with Gasteiger partial charge in [0.25, 0.3) is 0 Å². The van der Waals surface area contributed by atoms with Crippen LogP contribution in [-0.2, 0) is 21.1 Å². The molecule has 2 aromatic rings. The number of anilines is 1. The van der Waals surface area contributed by atoms with E-state index in [9.17, 15) is 13.2 Å². The number of benzene rings is 1. The molecule has 1 heterocycles. The molecule has 1 amide bonds. The van der Waals surface area contributed by atoms with E-state index < -0.39 is 9.84 Å². The molecule has 0 atom stereocenters. The van der Waals surface area contributed by atoms with E-state index in [1.165, 1.54) is 16.9 Å². The minimum Gasteiger partial charge on any atom is -0.302 e. The molecule has 1 aliphatic carbocycles. The van der Waals surface area contributed by atoms with Gasteiger partial charge in [-0.25, -0.2) is 13.4 Å². The Balaban J connectivity index is 1.55. The van der Waals surface area contributed by atoms with Gasteiger partial charge in [-0.1, -0.05) is 44.0 Å². The Labute approximate surface area is 158 Å². The Hall–Kier alpha value is -1.73. The molecule has 0 saturated heterocycles. The smallest absolute Gasteiger partial charge is 0.227 e. The molecule has 1 N–H and O–H groups in total. The van der Waals surface area contributed by atoms with Crippen molar-refractivity contribution < 1.29 is 13.2 Å². The molecule has 1 aromatic carbocycles. The third-order valence-corrected chi connectivity index (χ3v) is 7.85. The van der Waals surface area contributed by atoms with Crippen molar-refractivity contribution in [1.29, 1.82) is 0 Å². The monoisotopic (exact) mass is 392 g/mol. The van der Waals surface area contributed by atoms with E-state index in [-0.39, 0.29) is 23.3 Å². The maximum atomic E-state index is 12.2. The summed E-state index contributed by atoms with van der Waals surface area (Å²) in [4.78, 5) is 16.5. The van der Waals surface area contributed by atoms with Crippen LogP contribution in [0.4, 0.5) is 5.13 Å². The summed E-state index contributed by atoms with van der Waals surface area (Å²) in [5.41, 5.74) is 3.08. The number of rotatable bonds is 7. The molecule has 0 bridgehead atoms. The molecule has 0 unspecified atom stereocenters. The van der Waals surface area contributed by atoms with Gasteiger partial charge in [-0.2, -0.15) is 0 Å². The normalized spacial score (nSPS) is 15.3. The number of aromatic nitrogens is 1. The minimum atomic E-state index is -3.17. The van der Waals surface area contributed by atoms with E-state index in [1.54, 1.807) is 0 Å². The van der Waals surface area contributed by atoms with Gasteiger partial charge in [0, 0.05) is 17.4 Å². The summed E-state index contributed by atoms with van der Waals surface area (Å²) < 4.78 is 24.5. The van der Waals surface area contributed by atoms with Gasteiger partial charge in [0.1, 0.15) is 0 Å². The molecule has 7 heteroatoms. The summed E-state index contributed by atoms with van der Waals surface area (Å²) in [6, 6.07) is 8.18. The van der Waals surface area contributed by atoms with Crippen molar-refractivity contribution in [1.82, 2.24) is 4.98 Å². The van der Waals surface area contributed by atoms with Crippen molar-refractivity contribution in [3.05, 3.63) is 35.2 Å². The highest BCUT2D eigenvalue weighted by Crippen LogP contribution is 2.27. The van der Waals surface area contributed by atoms with Crippen LogP contribution in [0, 0.1) is 0 Å². The maximum Gasteiger partial charge on any atom is 0.227 e. The molecule has 0 spiro atoms. The van der Waals surface area contributed by atoms with Gasteiger partial charge in [-0.15, -0.1) is 11.3 Å². The van der Waals surface area contributed by atoms with Crippen molar-refractivity contribution in [2.45, 2.75) is 50.7 Å². The number of aryl methyl sites for hydroxylation is 1. The van der Waals surface area contributed by atoms with Crippen LogP contribution < -0.4 is 5.32 Å². The highest BCUT2D eigenvalue weighted by Gasteiger charge is 2.28. The molecule has 1 aliphatic rings. The van der Waals surface area contributed by atoms with Crippen LogP contribution in [0.2, 0.25) is 0 Å². The quantitative estimate of drug-likeness (QED) is 0.771. The second kappa shape index (κ2) is 8.31. The van der Waals surface area contributed by atoms with Gasteiger partial charge >= 0.3 is 0 Å². The lowest BCUT2D eigenvalue weighted by Crippen LogP contribution is -2.24. The van der Waals surface area contributed by atoms with Crippen molar-refractivity contribution in [2.24, 2.45) is 0 Å². The number of nitrogens with zero attached hydrogens (tertiary/aromatic N) is 1. The lowest BCUT2D eigenvalue weighted by Gasteiger charge is -2.10. The fourth-order valence-corrected chi connectivity index (χ4v) is 5.80. The van der Waals surface area contributed by atoms with Gasteiger partial charge in [0.05, 0.1) is 16.7 Å². The standard InChI is InChI=1S/C19H24N2O3S2/c1-2-14-7-9-15(10-8-14)17-13-25-19(20-17)21-18(22)11-12-26(23,24)16-5-3-4-6-16/h7-10,13,16H,2-6,11-12H2,1H3,(H,20,21,22). The zero-order valence-corrected chi connectivity index (χ0v) is 16.5. The summed E-state index contributed by atoms with van der Waals surface area (Å²) >= 11 is 1.35. The van der Waals surface area contributed by atoms with Gasteiger partial charge < -0.3 is 5.32 Å². The zero-order chi connectivity index (χ0) is 18.6. The molecule has 26 heavy (non-hydrogen) atoms. The molecule has 1 fully saturated rings. The second-order valence-electron chi connectivity index (χ2n) is 6.66. The van der Waals surface area contributed by atoms with E-state index in [0.717, 1.165) is 43.4 Å². The lowest BCUT2D eigenvalue weighted by atomic mass is 10.1. The highest BCUT2D eigenvalue weighted by atomic mass is 32.2. The lowest BCUT2D eigenvalue weighted by molar-refractivity contribution is -0.115. The van der Waals surface area contributed by atoms with Crippen LogP contribution in [0.1, 0.15) is 44.6 Å². The zero-order valence-electron chi connectivity index (χ0n) is 14.9. The number of carbonyl (C=O) groups is 1. The van der Waals surface area contributed by atoms with Crippen LogP contribution in [0.25, 0.3) is 11.3 Å². The number of hydrogen-bond acceptors (Lipinski definition) is 5. The van der Waals surface area contributed by atoms with Crippen molar-refractivity contribution >= 4 is 32.2 Å². The molecular formula is C19H24N2O3S2. The molecule has 0 aliphatic heterocycles. The highest BCUT2D eigenvalue weighted by molar-refractivity contribution is 7.92. The number of sulfone groups is 1. The van der Waals surface area contributed by atoms with Gasteiger partial charge in [0.2, 0.25) is 5.91 Å². The van der Waals surface area contributed by atoms with Crippen LogP contribution >= 0.6 is 11.3 Å². The van der Waals surface area contributed by atoms with Gasteiger partial charge in [-0.05, 0) is 24.8 Å². The van der Waals surface area contributed by atoms with Crippen LogP contribution in [-0.4, -0.2) is 30.3 Å². The molecule has 1 saturated carbocycles. The second-order valence-corrected chi connectivity index (χ2v) is 9.92. The summed E-state index contributed by atoms with van der Waals surface area (Å²) in [5.74, 6) is -0.381. The molecule has 5 nitrogen and oxygen atoms in total. The first-order valence-corrected chi connectivity index (χ1v) is 11.6. The van der Waals surface area contributed by atoms with Crippen LogP contribution in [0.3, 0.4) is 0 Å². The summed E-state index contributed by atoms with van der Waals surface area (Å²) in [6.45, 7) is 2.11. The van der Waals surface area contributed by atoms with E-state index in [4.69, 9.17) is 0 Å². The number of carbonyl (C=O) groups excluding carboxylic acids is 1. The van der Waals surface area contributed by atoms with Gasteiger partial charge in [0.15, 0.2) is 15.0 Å². The number of thiazole rings is 1. The topological polar surface area (TPSA) is 76.1 Å². The first-order valence-electron chi connectivity index (χ1n) is 9.04. The third-order valence-electron chi connectivity index (χ3n) is 4.83. The van der Waals surface area contributed by atoms with E-state index in [2.05, 4.69) is 29.4 Å². The Morgan fingerprint density at radius 2 is 1.92 bits per heavy atom. The van der Waals surface area contributed by atoms with Crippen LogP contribution in [0.15, 0.2) is 29.6 Å². The first kappa shape index (κ1) is 19.0. The average Bonchev–Trinajstić information content (AvgIpc) is 3.33. The average molecular weight is 393 g/mol. The first-order chi connectivity index (χ1) is 12.5. The number of amides is 1. The SMILES string of the molecule is CCc1ccc(-c2csc(NC(=O)CCS(=O)(=O)C3CCCC3)n2)cc1. The number of hydrogen-bond donors (Lipinski definition) is 1.